The molecule has 0 fully saturated rings. The van der Waals surface area contributed by atoms with Crippen LogP contribution in [0.15, 0.2) is 42.5 Å². The molecule has 2 rings (SSSR count). The quantitative estimate of drug-likeness (QED) is 0.909. The van der Waals surface area contributed by atoms with Crippen LogP contribution in [0.25, 0.3) is 0 Å². The second-order valence-electron chi connectivity index (χ2n) is 4.41. The lowest BCUT2D eigenvalue weighted by Crippen LogP contribution is -2.10. The molecule has 0 aromatic heterocycles. The summed E-state index contributed by atoms with van der Waals surface area (Å²) < 4.78 is 5.33. The fraction of sp³-hybridized carbons (Fsp3) is 0.188. The molecule has 0 saturated heterocycles. The average molecular weight is 287 g/mol. The van der Waals surface area contributed by atoms with Crippen molar-refractivity contribution in [3.05, 3.63) is 58.6 Å². The van der Waals surface area contributed by atoms with Crippen molar-refractivity contribution in [3.63, 3.8) is 0 Å². The van der Waals surface area contributed by atoms with Gasteiger partial charge in [0.25, 0.3) is 0 Å². The molecule has 0 saturated carbocycles. The molecule has 2 aromatic carbocycles. The molecule has 102 valence electrons. The molecule has 4 heteroatoms. The second-order valence-corrected chi connectivity index (χ2v) is 4.85. The van der Waals surface area contributed by atoms with E-state index in [4.69, 9.17) is 16.3 Å². The fourth-order valence-electron chi connectivity index (χ4n) is 1.99. The first kappa shape index (κ1) is 14.2. The summed E-state index contributed by atoms with van der Waals surface area (Å²) in [4.78, 5) is 0. The number of ether oxygens (including phenoxy) is 1. The third kappa shape index (κ3) is 3.04. The van der Waals surface area contributed by atoms with Crippen molar-refractivity contribution < 1.29 is 4.74 Å². The Hall–Kier alpha value is -2.18. The van der Waals surface area contributed by atoms with Gasteiger partial charge in [-0.25, -0.2) is 0 Å². The number of aryl methyl sites for hydroxylation is 1. The third-order valence-electron chi connectivity index (χ3n) is 3.08. The summed E-state index contributed by atoms with van der Waals surface area (Å²) in [5, 5.41) is 13.3. The van der Waals surface area contributed by atoms with Gasteiger partial charge in [-0.1, -0.05) is 35.9 Å². The van der Waals surface area contributed by atoms with E-state index in [9.17, 15) is 5.26 Å². The van der Waals surface area contributed by atoms with Crippen LogP contribution in [0.3, 0.4) is 0 Å². The Labute approximate surface area is 123 Å². The zero-order valence-corrected chi connectivity index (χ0v) is 12.1. The molecule has 0 spiro atoms. The van der Waals surface area contributed by atoms with E-state index in [1.54, 1.807) is 19.2 Å². The Morgan fingerprint density at radius 1 is 1.20 bits per heavy atom. The Bertz CT molecular complexity index is 632. The van der Waals surface area contributed by atoms with Crippen LogP contribution in [-0.4, -0.2) is 7.11 Å². The number of benzene rings is 2. The molecule has 0 radical (unpaired) electrons. The standard InChI is InChI=1S/C16H15ClN2O/c1-11-4-3-5-15(20-2)16(11)19-14(10-18)12-6-8-13(17)9-7-12/h3-9,14,19H,1-2H3/t14-/m0/s1. The smallest absolute Gasteiger partial charge is 0.142 e. The molecule has 0 heterocycles. The highest BCUT2D eigenvalue weighted by Crippen LogP contribution is 2.31. The van der Waals surface area contributed by atoms with Gasteiger partial charge in [0.2, 0.25) is 0 Å². The Morgan fingerprint density at radius 3 is 2.50 bits per heavy atom. The van der Waals surface area contributed by atoms with Crippen molar-refractivity contribution in [3.8, 4) is 11.8 Å². The summed E-state index contributed by atoms with van der Waals surface area (Å²) in [5.74, 6) is 0.721. The highest BCUT2D eigenvalue weighted by atomic mass is 35.5. The molecule has 3 nitrogen and oxygen atoms in total. The molecule has 0 unspecified atom stereocenters. The van der Waals surface area contributed by atoms with Crippen molar-refractivity contribution >= 4 is 17.3 Å². The predicted molar refractivity (Wildman–Crippen MR) is 81.2 cm³/mol. The average Bonchev–Trinajstić information content (AvgIpc) is 2.47. The van der Waals surface area contributed by atoms with Gasteiger partial charge in [-0.3, -0.25) is 0 Å². The number of halogens is 1. The van der Waals surface area contributed by atoms with E-state index in [1.165, 1.54) is 0 Å². The number of anilines is 1. The topological polar surface area (TPSA) is 45.0 Å². The van der Waals surface area contributed by atoms with Gasteiger partial charge in [-0.15, -0.1) is 0 Å². The molecule has 20 heavy (non-hydrogen) atoms. The van der Waals surface area contributed by atoms with Gasteiger partial charge in [0.05, 0.1) is 18.9 Å². The van der Waals surface area contributed by atoms with Crippen LogP contribution in [0.1, 0.15) is 17.2 Å². The fourth-order valence-corrected chi connectivity index (χ4v) is 2.11. The van der Waals surface area contributed by atoms with Crippen LogP contribution >= 0.6 is 11.6 Å². The number of hydrogen-bond donors (Lipinski definition) is 1. The number of nitrogens with zero attached hydrogens (tertiary/aromatic N) is 1. The van der Waals surface area contributed by atoms with Crippen LogP contribution < -0.4 is 10.1 Å². The van der Waals surface area contributed by atoms with E-state index in [-0.39, 0.29) is 0 Å². The van der Waals surface area contributed by atoms with Gasteiger partial charge in [-0.2, -0.15) is 5.26 Å². The first-order valence-electron chi connectivity index (χ1n) is 6.21. The normalized spacial score (nSPS) is 11.5. The molecule has 0 aliphatic heterocycles. The SMILES string of the molecule is COc1cccc(C)c1N[C@@H](C#N)c1ccc(Cl)cc1. The van der Waals surface area contributed by atoms with E-state index in [2.05, 4.69) is 11.4 Å². The minimum atomic E-state index is -0.456. The summed E-state index contributed by atoms with van der Waals surface area (Å²) >= 11 is 5.87. The van der Waals surface area contributed by atoms with Gasteiger partial charge >= 0.3 is 0 Å². The summed E-state index contributed by atoms with van der Waals surface area (Å²) in [6.45, 7) is 1.97. The second kappa shape index (κ2) is 6.31. The number of nitrogens with one attached hydrogen (secondary N) is 1. The van der Waals surface area contributed by atoms with Crippen LogP contribution in [-0.2, 0) is 0 Å². The Morgan fingerprint density at radius 2 is 1.90 bits per heavy atom. The lowest BCUT2D eigenvalue weighted by Gasteiger charge is -2.18. The first-order valence-corrected chi connectivity index (χ1v) is 6.58. The summed E-state index contributed by atoms with van der Waals surface area (Å²) in [6.07, 6.45) is 0. The van der Waals surface area contributed by atoms with Crippen molar-refractivity contribution in [2.45, 2.75) is 13.0 Å². The highest BCUT2D eigenvalue weighted by Gasteiger charge is 2.14. The summed E-state index contributed by atoms with van der Waals surface area (Å²) in [7, 11) is 1.61. The van der Waals surface area contributed by atoms with Crippen LogP contribution in [0.4, 0.5) is 5.69 Å². The van der Waals surface area contributed by atoms with Crippen molar-refractivity contribution in [1.82, 2.24) is 0 Å². The molecule has 0 amide bonds. The van der Waals surface area contributed by atoms with Gasteiger partial charge in [-0.05, 0) is 36.2 Å². The lowest BCUT2D eigenvalue weighted by molar-refractivity contribution is 0.416. The monoisotopic (exact) mass is 286 g/mol. The lowest BCUT2D eigenvalue weighted by atomic mass is 10.1. The van der Waals surface area contributed by atoms with Gasteiger partial charge in [0, 0.05) is 5.02 Å². The molecule has 0 aliphatic rings. The highest BCUT2D eigenvalue weighted by molar-refractivity contribution is 6.30. The number of rotatable bonds is 4. The minimum absolute atomic E-state index is 0.456. The molecular formula is C16H15ClN2O. The van der Waals surface area contributed by atoms with Gasteiger partial charge in [0.15, 0.2) is 0 Å². The zero-order chi connectivity index (χ0) is 14.5. The van der Waals surface area contributed by atoms with Crippen molar-refractivity contribution in [2.75, 3.05) is 12.4 Å². The molecule has 2 aromatic rings. The van der Waals surface area contributed by atoms with E-state index in [0.717, 1.165) is 22.6 Å². The van der Waals surface area contributed by atoms with E-state index in [1.807, 2.05) is 37.3 Å². The number of nitriles is 1. The molecule has 1 atom stereocenters. The maximum Gasteiger partial charge on any atom is 0.142 e. The first-order chi connectivity index (χ1) is 9.65. The summed E-state index contributed by atoms with van der Waals surface area (Å²) in [5.41, 5.74) is 2.72. The van der Waals surface area contributed by atoms with Gasteiger partial charge in [0.1, 0.15) is 11.8 Å². The molecule has 0 bridgehead atoms. The summed E-state index contributed by atoms with van der Waals surface area (Å²) in [6, 6.07) is 14.8. The maximum absolute atomic E-state index is 9.38. The molecule has 1 N–H and O–H groups in total. The number of methoxy groups -OCH3 is 1. The van der Waals surface area contributed by atoms with Gasteiger partial charge < -0.3 is 10.1 Å². The zero-order valence-electron chi connectivity index (χ0n) is 11.4. The molecule has 0 aliphatic carbocycles. The van der Waals surface area contributed by atoms with E-state index >= 15 is 0 Å². The predicted octanol–water partition coefficient (Wildman–Crippen LogP) is 4.33. The minimum Gasteiger partial charge on any atom is -0.495 e. The number of para-hydroxylation sites is 1. The maximum atomic E-state index is 9.38. The Balaban J connectivity index is 2.32. The van der Waals surface area contributed by atoms with Crippen LogP contribution in [0.5, 0.6) is 5.75 Å². The van der Waals surface area contributed by atoms with Crippen LogP contribution in [0, 0.1) is 18.3 Å². The van der Waals surface area contributed by atoms with E-state index < -0.39 is 6.04 Å². The number of hydrogen-bond acceptors (Lipinski definition) is 3. The largest absolute Gasteiger partial charge is 0.495 e. The third-order valence-corrected chi connectivity index (χ3v) is 3.33. The van der Waals surface area contributed by atoms with Crippen LogP contribution in [0.2, 0.25) is 5.02 Å². The van der Waals surface area contributed by atoms with Crippen molar-refractivity contribution in [1.29, 1.82) is 5.26 Å². The molecular weight excluding hydrogens is 272 g/mol. The van der Waals surface area contributed by atoms with E-state index in [0.29, 0.717) is 5.02 Å². The van der Waals surface area contributed by atoms with Crippen molar-refractivity contribution in [2.24, 2.45) is 0 Å². The Kier molecular flexibility index (Phi) is 4.49.